The van der Waals surface area contributed by atoms with Crippen LogP contribution in [0, 0.1) is 5.92 Å². The first kappa shape index (κ1) is 15.3. The van der Waals surface area contributed by atoms with Gasteiger partial charge in [0, 0.05) is 17.0 Å². The van der Waals surface area contributed by atoms with Gasteiger partial charge in [-0.1, -0.05) is 30.7 Å². The summed E-state index contributed by atoms with van der Waals surface area (Å²) in [5.74, 6) is 0.296. The summed E-state index contributed by atoms with van der Waals surface area (Å²) in [6.07, 6.45) is 2.70. The molecule has 20 heavy (non-hydrogen) atoms. The number of benzene rings is 1. The average Bonchev–Trinajstić information content (AvgIpc) is 2.44. The van der Waals surface area contributed by atoms with Gasteiger partial charge in [0.1, 0.15) is 0 Å². The number of piperidine rings is 1. The number of nitrogens with one attached hydrogen (secondary N) is 2. The summed E-state index contributed by atoms with van der Waals surface area (Å²) < 4.78 is 0. The SMILES string of the molecule is CCC(NC(=O)[C@H]1CCN[C@@H](C)C1)c1cccc(Cl)c1. The highest BCUT2D eigenvalue weighted by Gasteiger charge is 2.26. The Morgan fingerprint density at radius 3 is 3.00 bits per heavy atom. The zero-order chi connectivity index (χ0) is 14.5. The molecule has 1 aromatic rings. The third-order valence-corrected chi connectivity index (χ3v) is 4.21. The Bertz CT molecular complexity index is 464. The summed E-state index contributed by atoms with van der Waals surface area (Å²) in [7, 11) is 0. The second-order valence-electron chi connectivity index (χ2n) is 5.60. The average molecular weight is 295 g/mol. The van der Waals surface area contributed by atoms with E-state index in [1.165, 1.54) is 0 Å². The number of rotatable bonds is 4. The van der Waals surface area contributed by atoms with E-state index in [4.69, 9.17) is 11.6 Å². The summed E-state index contributed by atoms with van der Waals surface area (Å²) in [5.41, 5.74) is 1.08. The minimum absolute atomic E-state index is 0.0476. The smallest absolute Gasteiger partial charge is 0.223 e. The zero-order valence-corrected chi connectivity index (χ0v) is 12.9. The fourth-order valence-corrected chi connectivity index (χ4v) is 3.00. The van der Waals surface area contributed by atoms with E-state index in [-0.39, 0.29) is 17.9 Å². The van der Waals surface area contributed by atoms with Crippen LogP contribution in [-0.4, -0.2) is 18.5 Å². The highest BCUT2D eigenvalue weighted by atomic mass is 35.5. The van der Waals surface area contributed by atoms with Gasteiger partial charge in [0.05, 0.1) is 6.04 Å². The van der Waals surface area contributed by atoms with Crippen LogP contribution in [0.25, 0.3) is 0 Å². The molecule has 1 unspecified atom stereocenters. The van der Waals surface area contributed by atoms with Crippen molar-refractivity contribution in [2.24, 2.45) is 5.92 Å². The predicted octanol–water partition coefficient (Wildman–Crippen LogP) is 3.30. The molecule has 1 aromatic carbocycles. The number of amides is 1. The fraction of sp³-hybridized carbons (Fsp3) is 0.562. The number of carbonyl (C=O) groups is 1. The topological polar surface area (TPSA) is 41.1 Å². The van der Waals surface area contributed by atoms with E-state index < -0.39 is 0 Å². The van der Waals surface area contributed by atoms with E-state index in [9.17, 15) is 4.79 Å². The second kappa shape index (κ2) is 7.09. The van der Waals surface area contributed by atoms with Crippen molar-refractivity contribution >= 4 is 17.5 Å². The van der Waals surface area contributed by atoms with Gasteiger partial charge in [0.15, 0.2) is 0 Å². The van der Waals surface area contributed by atoms with Crippen LogP contribution in [0.5, 0.6) is 0 Å². The van der Waals surface area contributed by atoms with Crippen LogP contribution < -0.4 is 10.6 Å². The van der Waals surface area contributed by atoms with Gasteiger partial charge in [-0.25, -0.2) is 0 Å². The summed E-state index contributed by atoms with van der Waals surface area (Å²) in [4.78, 5) is 12.4. The largest absolute Gasteiger partial charge is 0.349 e. The Morgan fingerprint density at radius 1 is 1.55 bits per heavy atom. The van der Waals surface area contributed by atoms with E-state index in [0.717, 1.165) is 31.4 Å². The van der Waals surface area contributed by atoms with Crippen LogP contribution in [0.15, 0.2) is 24.3 Å². The molecule has 1 heterocycles. The van der Waals surface area contributed by atoms with Gasteiger partial charge in [-0.05, 0) is 50.4 Å². The lowest BCUT2D eigenvalue weighted by molar-refractivity contribution is -0.126. The van der Waals surface area contributed by atoms with E-state index in [1.807, 2.05) is 24.3 Å². The molecule has 110 valence electrons. The Morgan fingerprint density at radius 2 is 2.35 bits per heavy atom. The number of halogens is 1. The van der Waals surface area contributed by atoms with Crippen LogP contribution in [0.2, 0.25) is 5.02 Å². The third-order valence-electron chi connectivity index (χ3n) is 3.97. The maximum Gasteiger partial charge on any atom is 0.223 e. The summed E-state index contributed by atoms with van der Waals surface area (Å²) in [6, 6.07) is 8.21. The van der Waals surface area contributed by atoms with Crippen molar-refractivity contribution in [2.75, 3.05) is 6.54 Å². The van der Waals surface area contributed by atoms with E-state index in [1.54, 1.807) is 0 Å². The molecule has 0 bridgehead atoms. The molecule has 1 fully saturated rings. The van der Waals surface area contributed by atoms with Gasteiger partial charge < -0.3 is 10.6 Å². The summed E-state index contributed by atoms with van der Waals surface area (Å²) >= 11 is 6.03. The zero-order valence-electron chi connectivity index (χ0n) is 12.2. The number of hydrogen-bond acceptors (Lipinski definition) is 2. The third kappa shape index (κ3) is 3.97. The lowest BCUT2D eigenvalue weighted by Crippen LogP contribution is -2.43. The van der Waals surface area contributed by atoms with Crippen LogP contribution in [0.4, 0.5) is 0 Å². The van der Waals surface area contributed by atoms with Crippen LogP contribution in [0.3, 0.4) is 0 Å². The van der Waals surface area contributed by atoms with Crippen molar-refractivity contribution in [3.05, 3.63) is 34.9 Å². The van der Waals surface area contributed by atoms with Gasteiger partial charge in [0.2, 0.25) is 5.91 Å². The van der Waals surface area contributed by atoms with E-state index >= 15 is 0 Å². The highest BCUT2D eigenvalue weighted by Crippen LogP contribution is 2.22. The molecule has 4 heteroatoms. The quantitative estimate of drug-likeness (QED) is 0.894. The van der Waals surface area contributed by atoms with Gasteiger partial charge >= 0.3 is 0 Å². The number of hydrogen-bond donors (Lipinski definition) is 2. The molecule has 0 saturated carbocycles. The molecular formula is C16H23ClN2O. The lowest BCUT2D eigenvalue weighted by atomic mass is 9.92. The molecular weight excluding hydrogens is 272 g/mol. The molecule has 2 rings (SSSR count). The fourth-order valence-electron chi connectivity index (χ4n) is 2.80. The van der Waals surface area contributed by atoms with Crippen molar-refractivity contribution in [3.63, 3.8) is 0 Å². The maximum absolute atomic E-state index is 12.4. The molecule has 1 aliphatic heterocycles. The Kier molecular flexibility index (Phi) is 5.44. The monoisotopic (exact) mass is 294 g/mol. The minimum atomic E-state index is 0.0476. The standard InChI is InChI=1S/C16H23ClN2O/c1-3-15(12-5-4-6-14(17)10-12)19-16(20)13-7-8-18-11(2)9-13/h4-6,10-11,13,15,18H,3,7-9H2,1-2H3,(H,19,20)/t11-,13-,15?/m0/s1. The van der Waals surface area contributed by atoms with Crippen molar-refractivity contribution in [1.29, 1.82) is 0 Å². The summed E-state index contributed by atoms with van der Waals surface area (Å²) in [5, 5.41) is 7.26. The first-order valence-corrected chi connectivity index (χ1v) is 7.77. The van der Waals surface area contributed by atoms with Crippen LogP contribution in [0.1, 0.15) is 44.7 Å². The molecule has 3 atom stereocenters. The molecule has 0 spiro atoms. The van der Waals surface area contributed by atoms with Crippen LogP contribution in [-0.2, 0) is 4.79 Å². The molecule has 0 aromatic heterocycles. The lowest BCUT2D eigenvalue weighted by Gasteiger charge is -2.29. The normalized spacial score (nSPS) is 24.1. The predicted molar refractivity (Wildman–Crippen MR) is 82.8 cm³/mol. The molecule has 0 radical (unpaired) electrons. The first-order chi connectivity index (χ1) is 9.60. The second-order valence-corrected chi connectivity index (χ2v) is 6.04. The van der Waals surface area contributed by atoms with E-state index in [0.29, 0.717) is 11.1 Å². The Balaban J connectivity index is 2.00. The number of carbonyl (C=O) groups excluding carboxylic acids is 1. The van der Waals surface area contributed by atoms with Gasteiger partial charge in [-0.2, -0.15) is 0 Å². The first-order valence-electron chi connectivity index (χ1n) is 7.39. The Hall–Kier alpha value is -1.06. The highest BCUT2D eigenvalue weighted by molar-refractivity contribution is 6.30. The molecule has 3 nitrogen and oxygen atoms in total. The molecule has 0 aliphatic carbocycles. The van der Waals surface area contributed by atoms with Gasteiger partial charge in [0.25, 0.3) is 0 Å². The summed E-state index contributed by atoms with van der Waals surface area (Å²) in [6.45, 7) is 5.14. The van der Waals surface area contributed by atoms with Crippen molar-refractivity contribution < 1.29 is 4.79 Å². The Labute approximate surface area is 126 Å². The van der Waals surface area contributed by atoms with Gasteiger partial charge in [-0.15, -0.1) is 0 Å². The maximum atomic E-state index is 12.4. The van der Waals surface area contributed by atoms with Gasteiger partial charge in [-0.3, -0.25) is 4.79 Å². The molecule has 1 amide bonds. The van der Waals surface area contributed by atoms with Crippen molar-refractivity contribution in [3.8, 4) is 0 Å². The van der Waals surface area contributed by atoms with Crippen molar-refractivity contribution in [1.82, 2.24) is 10.6 Å². The molecule has 1 saturated heterocycles. The molecule has 1 aliphatic rings. The van der Waals surface area contributed by atoms with Crippen LogP contribution >= 0.6 is 11.6 Å². The van der Waals surface area contributed by atoms with E-state index in [2.05, 4.69) is 24.5 Å². The molecule has 2 N–H and O–H groups in total. The van der Waals surface area contributed by atoms with Crippen molar-refractivity contribution in [2.45, 2.75) is 45.2 Å². The minimum Gasteiger partial charge on any atom is -0.349 e.